The van der Waals surface area contributed by atoms with Crippen molar-refractivity contribution >= 4 is 5.97 Å². The van der Waals surface area contributed by atoms with E-state index in [2.05, 4.69) is 28.6 Å². The molecule has 0 spiro atoms. The molecule has 1 aliphatic heterocycles. The molecule has 2 atom stereocenters. The first kappa shape index (κ1) is 12.4. The minimum absolute atomic E-state index is 0.330. The Kier molecular flexibility index (Phi) is 4.50. The molecule has 1 saturated heterocycles. The molecule has 15 heavy (non-hydrogen) atoms. The topological polar surface area (TPSA) is 58.8 Å². The molecule has 0 aromatic rings. The van der Waals surface area contributed by atoms with Gasteiger partial charge >= 0.3 is 5.97 Å². The van der Waals surface area contributed by atoms with Crippen molar-refractivity contribution in [3.05, 3.63) is 0 Å². The van der Waals surface area contributed by atoms with Gasteiger partial charge in [0, 0.05) is 19.1 Å². The van der Waals surface area contributed by atoms with Crippen LogP contribution >= 0.6 is 0 Å². The third kappa shape index (κ3) is 3.44. The Balaban J connectivity index is 2.32. The Morgan fingerprint density at radius 1 is 1.67 bits per heavy atom. The van der Waals surface area contributed by atoms with E-state index in [0.717, 1.165) is 19.5 Å². The average Bonchev–Trinajstić information content (AvgIpc) is 2.65. The summed E-state index contributed by atoms with van der Waals surface area (Å²) in [4.78, 5) is 15.6. The Bertz CT molecular complexity index is 221. The molecule has 2 unspecified atom stereocenters. The molecule has 5 heteroatoms. The first-order valence-electron chi connectivity index (χ1n) is 5.26. The maximum absolute atomic E-state index is 11.1. The second-order valence-corrected chi connectivity index (χ2v) is 4.30. The Hall–Kier alpha value is -0.650. The molecule has 1 rings (SSSR count). The predicted molar refractivity (Wildman–Crippen MR) is 58.5 cm³/mol. The van der Waals surface area contributed by atoms with Gasteiger partial charge in [0.05, 0.1) is 7.11 Å². The summed E-state index contributed by atoms with van der Waals surface area (Å²) in [6, 6.07) is 0.0609. The second kappa shape index (κ2) is 5.44. The molecular weight excluding hydrogens is 194 g/mol. The average molecular weight is 215 g/mol. The fraction of sp³-hybridized carbons (Fsp3) is 0.900. The summed E-state index contributed by atoms with van der Waals surface area (Å²) >= 11 is 0. The SMILES string of the molecule is COC(=O)C(N)CN1CCC(N(C)C)C1. The van der Waals surface area contributed by atoms with Crippen molar-refractivity contribution in [3.63, 3.8) is 0 Å². The van der Waals surface area contributed by atoms with E-state index in [1.807, 2.05) is 0 Å². The highest BCUT2D eigenvalue weighted by atomic mass is 16.5. The number of likely N-dealkylation sites (N-methyl/N-ethyl adjacent to an activating group) is 1. The maximum atomic E-state index is 11.1. The number of hydrogen-bond acceptors (Lipinski definition) is 5. The van der Waals surface area contributed by atoms with Crippen molar-refractivity contribution in [1.29, 1.82) is 0 Å². The van der Waals surface area contributed by atoms with Crippen LogP contribution in [-0.2, 0) is 9.53 Å². The predicted octanol–water partition coefficient (Wildman–Crippen LogP) is -0.877. The molecule has 0 aromatic carbocycles. The van der Waals surface area contributed by atoms with Gasteiger partial charge in [-0.2, -0.15) is 0 Å². The smallest absolute Gasteiger partial charge is 0.323 e. The fourth-order valence-corrected chi connectivity index (χ4v) is 1.90. The number of hydrogen-bond donors (Lipinski definition) is 1. The van der Waals surface area contributed by atoms with Crippen LogP contribution in [-0.4, -0.2) is 68.7 Å². The summed E-state index contributed by atoms with van der Waals surface area (Å²) in [5.74, 6) is -0.330. The molecule has 0 bridgehead atoms. The van der Waals surface area contributed by atoms with E-state index in [-0.39, 0.29) is 5.97 Å². The van der Waals surface area contributed by atoms with Crippen LogP contribution in [0.2, 0.25) is 0 Å². The lowest BCUT2D eigenvalue weighted by Gasteiger charge is -2.21. The second-order valence-electron chi connectivity index (χ2n) is 4.30. The van der Waals surface area contributed by atoms with Gasteiger partial charge in [0.15, 0.2) is 0 Å². The number of esters is 1. The molecule has 1 fully saturated rings. The minimum atomic E-state index is -0.518. The summed E-state index contributed by atoms with van der Waals surface area (Å²) in [7, 11) is 5.53. The van der Waals surface area contributed by atoms with E-state index in [1.54, 1.807) is 0 Å². The van der Waals surface area contributed by atoms with E-state index in [4.69, 9.17) is 5.73 Å². The van der Waals surface area contributed by atoms with E-state index in [0.29, 0.717) is 12.6 Å². The number of nitrogens with zero attached hydrogens (tertiary/aromatic N) is 2. The van der Waals surface area contributed by atoms with Crippen LogP contribution in [0.3, 0.4) is 0 Å². The van der Waals surface area contributed by atoms with Crippen LogP contribution in [0.25, 0.3) is 0 Å². The van der Waals surface area contributed by atoms with Gasteiger partial charge in [-0.15, -0.1) is 0 Å². The third-order valence-electron chi connectivity index (χ3n) is 2.94. The van der Waals surface area contributed by atoms with Crippen molar-refractivity contribution in [2.45, 2.75) is 18.5 Å². The van der Waals surface area contributed by atoms with Crippen molar-refractivity contribution in [2.75, 3.05) is 40.8 Å². The summed E-state index contributed by atoms with van der Waals surface area (Å²) in [6.07, 6.45) is 1.14. The first-order valence-corrected chi connectivity index (χ1v) is 5.26. The highest BCUT2D eigenvalue weighted by Crippen LogP contribution is 2.12. The van der Waals surface area contributed by atoms with Crippen molar-refractivity contribution in [1.82, 2.24) is 9.80 Å². The normalized spacial score (nSPS) is 24.5. The minimum Gasteiger partial charge on any atom is -0.468 e. The van der Waals surface area contributed by atoms with Gasteiger partial charge in [-0.3, -0.25) is 9.69 Å². The van der Waals surface area contributed by atoms with E-state index < -0.39 is 6.04 Å². The number of methoxy groups -OCH3 is 1. The number of ether oxygens (including phenoxy) is 1. The van der Waals surface area contributed by atoms with Gasteiger partial charge in [-0.05, 0) is 27.1 Å². The molecule has 0 aliphatic carbocycles. The quantitative estimate of drug-likeness (QED) is 0.617. The van der Waals surface area contributed by atoms with Crippen LogP contribution in [0, 0.1) is 0 Å². The highest BCUT2D eigenvalue weighted by Gasteiger charge is 2.26. The van der Waals surface area contributed by atoms with Crippen molar-refractivity contribution < 1.29 is 9.53 Å². The molecule has 5 nitrogen and oxygen atoms in total. The lowest BCUT2D eigenvalue weighted by molar-refractivity contribution is -0.142. The van der Waals surface area contributed by atoms with E-state index in [1.165, 1.54) is 7.11 Å². The molecular formula is C10H21N3O2. The van der Waals surface area contributed by atoms with Crippen LogP contribution in [0.5, 0.6) is 0 Å². The first-order chi connectivity index (χ1) is 7.04. The van der Waals surface area contributed by atoms with Gasteiger partial charge in [-0.25, -0.2) is 0 Å². The Morgan fingerprint density at radius 3 is 2.80 bits per heavy atom. The van der Waals surface area contributed by atoms with Gasteiger partial charge in [-0.1, -0.05) is 0 Å². The molecule has 1 aliphatic rings. The number of carbonyl (C=O) groups excluding carboxylic acids is 1. The van der Waals surface area contributed by atoms with Crippen LogP contribution < -0.4 is 5.73 Å². The number of rotatable bonds is 4. The van der Waals surface area contributed by atoms with Gasteiger partial charge in [0.2, 0.25) is 0 Å². The number of likely N-dealkylation sites (tertiary alicyclic amines) is 1. The molecule has 0 aromatic heterocycles. The zero-order chi connectivity index (χ0) is 11.4. The molecule has 1 heterocycles. The zero-order valence-electron chi connectivity index (χ0n) is 9.77. The van der Waals surface area contributed by atoms with Gasteiger partial charge < -0.3 is 15.4 Å². The Labute approximate surface area is 91.2 Å². The molecule has 88 valence electrons. The van der Waals surface area contributed by atoms with Gasteiger partial charge in [0.1, 0.15) is 6.04 Å². The summed E-state index contributed by atoms with van der Waals surface area (Å²) < 4.78 is 4.60. The summed E-state index contributed by atoms with van der Waals surface area (Å²) in [5, 5.41) is 0. The molecule has 0 saturated carbocycles. The standard InChI is InChI=1S/C10H21N3O2/c1-12(2)8-4-5-13(6-8)7-9(11)10(14)15-3/h8-9H,4-7,11H2,1-3H3. The summed E-state index contributed by atoms with van der Waals surface area (Å²) in [5.41, 5.74) is 5.70. The molecule has 0 amide bonds. The lowest BCUT2D eigenvalue weighted by Crippen LogP contribution is -2.43. The third-order valence-corrected chi connectivity index (χ3v) is 2.94. The van der Waals surface area contributed by atoms with Gasteiger partial charge in [0.25, 0.3) is 0 Å². The largest absolute Gasteiger partial charge is 0.468 e. The van der Waals surface area contributed by atoms with E-state index >= 15 is 0 Å². The molecule has 2 N–H and O–H groups in total. The zero-order valence-corrected chi connectivity index (χ0v) is 9.77. The number of carbonyl (C=O) groups is 1. The number of nitrogens with two attached hydrogens (primary N) is 1. The van der Waals surface area contributed by atoms with E-state index in [9.17, 15) is 4.79 Å². The monoisotopic (exact) mass is 215 g/mol. The van der Waals surface area contributed by atoms with Crippen molar-refractivity contribution in [3.8, 4) is 0 Å². The highest BCUT2D eigenvalue weighted by molar-refractivity contribution is 5.75. The fourth-order valence-electron chi connectivity index (χ4n) is 1.90. The van der Waals surface area contributed by atoms with Crippen LogP contribution in [0.4, 0.5) is 0 Å². The van der Waals surface area contributed by atoms with Crippen molar-refractivity contribution in [2.24, 2.45) is 5.73 Å². The summed E-state index contributed by atoms with van der Waals surface area (Å²) in [6.45, 7) is 2.59. The van der Waals surface area contributed by atoms with Crippen LogP contribution in [0.1, 0.15) is 6.42 Å². The lowest BCUT2D eigenvalue weighted by atomic mass is 10.2. The Morgan fingerprint density at radius 2 is 2.33 bits per heavy atom. The maximum Gasteiger partial charge on any atom is 0.323 e. The molecule has 0 radical (unpaired) electrons. The van der Waals surface area contributed by atoms with Crippen LogP contribution in [0.15, 0.2) is 0 Å².